The molecular weight excluding hydrogens is 418 g/mol. The van der Waals surface area contributed by atoms with Gasteiger partial charge in [-0.2, -0.15) is 0 Å². The summed E-state index contributed by atoms with van der Waals surface area (Å²) < 4.78 is 15.8. The van der Waals surface area contributed by atoms with Crippen LogP contribution in [0.2, 0.25) is 0 Å². The molecule has 0 saturated carbocycles. The van der Waals surface area contributed by atoms with Crippen molar-refractivity contribution in [1.29, 1.82) is 0 Å². The van der Waals surface area contributed by atoms with Gasteiger partial charge in [0.05, 0.1) is 19.8 Å². The highest BCUT2D eigenvalue weighted by Crippen LogP contribution is 2.33. The van der Waals surface area contributed by atoms with Crippen LogP contribution >= 0.6 is 0 Å². The number of nitrogens with zero attached hydrogens (tertiary/aromatic N) is 3. The van der Waals surface area contributed by atoms with Crippen LogP contribution in [0.3, 0.4) is 0 Å². The summed E-state index contributed by atoms with van der Waals surface area (Å²) in [5.41, 5.74) is 2.01. The summed E-state index contributed by atoms with van der Waals surface area (Å²) in [5, 5.41) is 10.6. The summed E-state index contributed by atoms with van der Waals surface area (Å²) in [6.45, 7) is 1.67. The Morgan fingerprint density at radius 1 is 0.667 bits per heavy atom. The normalized spacial score (nSPS) is 10.2. The topological polar surface area (TPSA) is 86.6 Å². The van der Waals surface area contributed by atoms with Crippen molar-refractivity contribution in [2.45, 2.75) is 6.92 Å². The number of phenolic OH excluding ortho intramolecular Hbond substituents is 1. The molecule has 0 saturated heterocycles. The molecule has 0 atom stereocenters. The molecule has 0 aliphatic carbocycles. The molecule has 33 heavy (non-hydrogen) atoms. The van der Waals surface area contributed by atoms with Gasteiger partial charge in [-0.15, -0.1) is 0 Å². The number of aromatic hydroxyl groups is 1. The number of hydrogen-bond acceptors (Lipinski definition) is 7. The van der Waals surface area contributed by atoms with E-state index in [0.717, 1.165) is 22.6 Å². The molecule has 0 fully saturated rings. The van der Waals surface area contributed by atoms with Crippen LogP contribution in [0.15, 0.2) is 66.7 Å². The van der Waals surface area contributed by atoms with Crippen LogP contribution in [0.25, 0.3) is 34.2 Å². The lowest BCUT2D eigenvalue weighted by molar-refractivity contribution is 0.415. The van der Waals surface area contributed by atoms with Gasteiger partial charge in [0, 0.05) is 24.1 Å². The van der Waals surface area contributed by atoms with Crippen LogP contribution < -0.4 is 14.2 Å². The zero-order chi connectivity index (χ0) is 23.2. The van der Waals surface area contributed by atoms with Crippen molar-refractivity contribution in [2.24, 2.45) is 0 Å². The van der Waals surface area contributed by atoms with Gasteiger partial charge < -0.3 is 19.3 Å². The quantitative estimate of drug-likeness (QED) is 0.425. The molecule has 0 spiro atoms. The van der Waals surface area contributed by atoms with Crippen LogP contribution in [0.5, 0.6) is 23.0 Å². The zero-order valence-electron chi connectivity index (χ0n) is 18.4. The molecular formula is C26H21N3O4. The van der Waals surface area contributed by atoms with Gasteiger partial charge in [-0.3, -0.25) is 0 Å². The molecule has 3 aromatic carbocycles. The van der Waals surface area contributed by atoms with Crippen molar-refractivity contribution < 1.29 is 19.3 Å². The molecule has 4 rings (SSSR count). The minimum atomic E-state index is -0.0297. The minimum Gasteiger partial charge on any atom is -0.507 e. The summed E-state index contributed by atoms with van der Waals surface area (Å²) in [6.07, 6.45) is 2.51. The number of benzene rings is 3. The molecule has 4 aromatic rings. The van der Waals surface area contributed by atoms with Crippen molar-refractivity contribution in [3.63, 3.8) is 0 Å². The summed E-state index contributed by atoms with van der Waals surface area (Å²) in [6, 6.07) is 19.7. The van der Waals surface area contributed by atoms with Gasteiger partial charge in [0.25, 0.3) is 0 Å². The molecule has 1 N–H and O–H groups in total. The number of ether oxygens (including phenoxy) is 3. The SMILES string of the molecule is CC#COc1ccc(-c2nc(-c3ccc(OC)cc3)nc(-c3ccc(OC)cc3)n2)c(O)c1. The number of methoxy groups -OCH3 is 2. The highest BCUT2D eigenvalue weighted by Gasteiger charge is 2.15. The van der Waals surface area contributed by atoms with Gasteiger partial charge in [-0.05, 0) is 60.7 Å². The summed E-state index contributed by atoms with van der Waals surface area (Å²) in [7, 11) is 3.22. The monoisotopic (exact) mass is 439 g/mol. The van der Waals surface area contributed by atoms with Gasteiger partial charge in [0.1, 0.15) is 29.1 Å². The van der Waals surface area contributed by atoms with Gasteiger partial charge in [0.15, 0.2) is 17.5 Å². The fourth-order valence-corrected chi connectivity index (χ4v) is 3.11. The van der Waals surface area contributed by atoms with E-state index in [2.05, 4.69) is 27.0 Å². The second-order valence-electron chi connectivity index (χ2n) is 6.90. The first-order valence-electron chi connectivity index (χ1n) is 10.1. The third kappa shape index (κ3) is 4.86. The molecule has 164 valence electrons. The van der Waals surface area contributed by atoms with Crippen molar-refractivity contribution >= 4 is 0 Å². The molecule has 0 radical (unpaired) electrons. The fraction of sp³-hybridized carbons (Fsp3) is 0.115. The van der Waals surface area contributed by atoms with Crippen LogP contribution in [-0.4, -0.2) is 34.3 Å². The van der Waals surface area contributed by atoms with E-state index >= 15 is 0 Å². The highest BCUT2D eigenvalue weighted by atomic mass is 16.5. The van der Waals surface area contributed by atoms with E-state index in [1.165, 1.54) is 6.07 Å². The average molecular weight is 439 g/mol. The predicted molar refractivity (Wildman–Crippen MR) is 125 cm³/mol. The van der Waals surface area contributed by atoms with Gasteiger partial charge in [-0.1, -0.05) is 5.92 Å². The molecule has 0 aliphatic rings. The Balaban J connectivity index is 1.83. The first kappa shape index (κ1) is 21.7. The number of aromatic nitrogens is 3. The molecule has 1 aromatic heterocycles. The van der Waals surface area contributed by atoms with E-state index in [1.807, 2.05) is 48.5 Å². The summed E-state index contributed by atoms with van der Waals surface area (Å²) in [5.74, 6) is 5.75. The highest BCUT2D eigenvalue weighted by molar-refractivity contribution is 5.70. The van der Waals surface area contributed by atoms with Crippen molar-refractivity contribution in [1.82, 2.24) is 15.0 Å². The number of hydrogen-bond donors (Lipinski definition) is 1. The molecule has 7 nitrogen and oxygen atoms in total. The molecule has 0 bridgehead atoms. The Morgan fingerprint density at radius 3 is 1.61 bits per heavy atom. The van der Waals surface area contributed by atoms with E-state index in [-0.39, 0.29) is 5.75 Å². The molecule has 0 amide bonds. The maximum absolute atomic E-state index is 10.6. The lowest BCUT2D eigenvalue weighted by Gasteiger charge is -2.10. The van der Waals surface area contributed by atoms with Crippen molar-refractivity contribution in [2.75, 3.05) is 14.2 Å². The Kier molecular flexibility index (Phi) is 6.37. The second kappa shape index (κ2) is 9.71. The van der Waals surface area contributed by atoms with E-state index in [0.29, 0.717) is 28.8 Å². The Labute approximate surface area is 191 Å². The summed E-state index contributed by atoms with van der Waals surface area (Å²) in [4.78, 5) is 13.9. The second-order valence-corrected chi connectivity index (χ2v) is 6.90. The standard InChI is InChI=1S/C26H21N3O4/c1-4-15-33-21-13-14-22(23(30)16-21)26-28-24(17-5-9-19(31-2)10-6-17)27-25(29-26)18-7-11-20(32-3)12-8-18/h5-14,16,30H,1-3H3. The molecule has 0 unspecified atom stereocenters. The maximum Gasteiger partial charge on any atom is 0.167 e. The van der Waals surface area contributed by atoms with E-state index in [9.17, 15) is 5.11 Å². The zero-order valence-corrected chi connectivity index (χ0v) is 18.4. The average Bonchev–Trinajstić information content (AvgIpc) is 2.87. The lowest BCUT2D eigenvalue weighted by Crippen LogP contribution is -2.00. The van der Waals surface area contributed by atoms with Crippen molar-refractivity contribution in [3.05, 3.63) is 66.7 Å². The first-order valence-corrected chi connectivity index (χ1v) is 10.1. The van der Waals surface area contributed by atoms with E-state index in [1.54, 1.807) is 33.3 Å². The molecule has 7 heteroatoms. The smallest absolute Gasteiger partial charge is 0.167 e. The van der Waals surface area contributed by atoms with Gasteiger partial charge in [0.2, 0.25) is 0 Å². The summed E-state index contributed by atoms with van der Waals surface area (Å²) >= 11 is 0. The third-order valence-corrected chi connectivity index (χ3v) is 4.81. The Bertz CT molecular complexity index is 1260. The minimum absolute atomic E-state index is 0.0297. The maximum atomic E-state index is 10.6. The van der Waals surface area contributed by atoms with Crippen molar-refractivity contribution in [3.8, 4) is 69.2 Å². The van der Waals surface area contributed by atoms with E-state index < -0.39 is 0 Å². The van der Waals surface area contributed by atoms with Crippen LogP contribution in [0, 0.1) is 12.0 Å². The largest absolute Gasteiger partial charge is 0.507 e. The lowest BCUT2D eigenvalue weighted by atomic mass is 10.1. The number of phenols is 1. The predicted octanol–water partition coefficient (Wildman–Crippen LogP) is 4.96. The van der Waals surface area contributed by atoms with Gasteiger partial charge in [-0.25, -0.2) is 15.0 Å². The fourth-order valence-electron chi connectivity index (χ4n) is 3.11. The Hall–Kier alpha value is -4.57. The Morgan fingerprint density at radius 2 is 1.15 bits per heavy atom. The first-order chi connectivity index (χ1) is 16.1. The molecule has 1 heterocycles. The van der Waals surface area contributed by atoms with Gasteiger partial charge >= 0.3 is 0 Å². The third-order valence-electron chi connectivity index (χ3n) is 4.81. The van der Waals surface area contributed by atoms with Crippen LogP contribution in [-0.2, 0) is 0 Å². The van der Waals surface area contributed by atoms with E-state index in [4.69, 9.17) is 14.2 Å². The van der Waals surface area contributed by atoms with Crippen LogP contribution in [0.4, 0.5) is 0 Å². The van der Waals surface area contributed by atoms with Crippen LogP contribution in [0.1, 0.15) is 6.92 Å². The number of rotatable bonds is 6. The molecule has 0 aliphatic heterocycles.